The fraction of sp³-hybridized carbons (Fsp3) is 0.600. The predicted molar refractivity (Wildman–Crippen MR) is 61.2 cm³/mol. The van der Waals surface area contributed by atoms with E-state index in [4.69, 9.17) is 10.5 Å². The van der Waals surface area contributed by atoms with Crippen LogP contribution in [0.4, 0.5) is 5.69 Å². The van der Waals surface area contributed by atoms with Crippen LogP contribution in [-0.4, -0.2) is 35.9 Å². The molecule has 0 spiro atoms. The van der Waals surface area contributed by atoms with Crippen molar-refractivity contribution < 1.29 is 9.53 Å². The standard InChI is InChI=1S/C10H18N4O2/c1-7(2)14-6-8(11)9(13-14)10(15)12-4-5-16-3/h6-7H,4-5,11H2,1-3H3,(H,12,15). The minimum atomic E-state index is -0.269. The van der Waals surface area contributed by atoms with Crippen LogP contribution < -0.4 is 11.1 Å². The number of ether oxygens (including phenoxy) is 1. The van der Waals surface area contributed by atoms with Crippen molar-refractivity contribution in [3.05, 3.63) is 11.9 Å². The molecule has 0 aliphatic heterocycles. The van der Waals surface area contributed by atoms with Crippen LogP contribution in [0.15, 0.2) is 6.20 Å². The van der Waals surface area contributed by atoms with Crippen LogP contribution in [-0.2, 0) is 4.74 Å². The van der Waals surface area contributed by atoms with Crippen LogP contribution in [0, 0.1) is 0 Å². The average Bonchev–Trinajstić information content (AvgIpc) is 2.61. The van der Waals surface area contributed by atoms with Gasteiger partial charge in [-0.05, 0) is 13.8 Å². The molecule has 0 fully saturated rings. The number of nitrogens with two attached hydrogens (primary N) is 1. The van der Waals surface area contributed by atoms with Gasteiger partial charge >= 0.3 is 0 Å². The van der Waals surface area contributed by atoms with Crippen LogP contribution in [0.2, 0.25) is 0 Å². The zero-order valence-electron chi connectivity index (χ0n) is 9.86. The van der Waals surface area contributed by atoms with E-state index in [1.807, 2.05) is 13.8 Å². The fourth-order valence-electron chi connectivity index (χ4n) is 1.20. The van der Waals surface area contributed by atoms with Crippen molar-refractivity contribution in [3.63, 3.8) is 0 Å². The van der Waals surface area contributed by atoms with E-state index in [0.717, 1.165) is 0 Å². The minimum absolute atomic E-state index is 0.183. The maximum Gasteiger partial charge on any atom is 0.274 e. The third-order valence-electron chi connectivity index (χ3n) is 2.10. The largest absolute Gasteiger partial charge is 0.396 e. The van der Waals surface area contributed by atoms with Crippen molar-refractivity contribution in [2.45, 2.75) is 19.9 Å². The number of nitrogens with zero attached hydrogens (tertiary/aromatic N) is 2. The quantitative estimate of drug-likeness (QED) is 0.713. The highest BCUT2D eigenvalue weighted by Crippen LogP contribution is 2.12. The van der Waals surface area contributed by atoms with E-state index in [9.17, 15) is 4.79 Å². The Balaban J connectivity index is 2.68. The number of rotatable bonds is 5. The third-order valence-corrected chi connectivity index (χ3v) is 2.10. The molecule has 0 aliphatic rings. The Morgan fingerprint density at radius 2 is 2.38 bits per heavy atom. The Morgan fingerprint density at radius 3 is 2.88 bits per heavy atom. The van der Waals surface area contributed by atoms with E-state index in [1.54, 1.807) is 18.0 Å². The van der Waals surface area contributed by atoms with Crippen molar-refractivity contribution in [2.75, 3.05) is 26.0 Å². The van der Waals surface area contributed by atoms with Gasteiger partial charge in [-0.15, -0.1) is 0 Å². The molecule has 0 aromatic carbocycles. The maximum atomic E-state index is 11.7. The Morgan fingerprint density at radius 1 is 1.69 bits per heavy atom. The molecule has 90 valence electrons. The summed E-state index contributed by atoms with van der Waals surface area (Å²) in [7, 11) is 1.58. The molecule has 1 aromatic heterocycles. The fourth-order valence-corrected chi connectivity index (χ4v) is 1.20. The van der Waals surface area contributed by atoms with Gasteiger partial charge in [0, 0.05) is 25.9 Å². The van der Waals surface area contributed by atoms with Gasteiger partial charge < -0.3 is 15.8 Å². The topological polar surface area (TPSA) is 82.2 Å². The molecule has 6 nitrogen and oxygen atoms in total. The molecule has 0 aliphatic carbocycles. The molecular weight excluding hydrogens is 208 g/mol. The molecule has 3 N–H and O–H groups in total. The Bertz CT molecular complexity index is 360. The second kappa shape index (κ2) is 5.50. The van der Waals surface area contributed by atoms with Gasteiger partial charge in [0.1, 0.15) is 0 Å². The van der Waals surface area contributed by atoms with Crippen molar-refractivity contribution >= 4 is 11.6 Å². The smallest absolute Gasteiger partial charge is 0.274 e. The minimum Gasteiger partial charge on any atom is -0.396 e. The molecule has 1 rings (SSSR count). The van der Waals surface area contributed by atoms with Crippen LogP contribution in [0.1, 0.15) is 30.4 Å². The summed E-state index contributed by atoms with van der Waals surface area (Å²) in [5.74, 6) is -0.269. The summed E-state index contributed by atoms with van der Waals surface area (Å²) in [5, 5.41) is 6.80. The highest BCUT2D eigenvalue weighted by Gasteiger charge is 2.15. The van der Waals surface area contributed by atoms with Gasteiger partial charge in [0.15, 0.2) is 5.69 Å². The number of carbonyl (C=O) groups is 1. The molecule has 16 heavy (non-hydrogen) atoms. The summed E-state index contributed by atoms with van der Waals surface area (Å²) in [5.41, 5.74) is 6.37. The second-order valence-electron chi connectivity index (χ2n) is 3.76. The number of nitrogens with one attached hydrogen (secondary N) is 1. The lowest BCUT2D eigenvalue weighted by molar-refractivity contribution is 0.0932. The van der Waals surface area contributed by atoms with E-state index in [2.05, 4.69) is 10.4 Å². The molecular formula is C10H18N4O2. The van der Waals surface area contributed by atoms with Gasteiger partial charge in [0.05, 0.1) is 12.3 Å². The van der Waals surface area contributed by atoms with Crippen molar-refractivity contribution in [2.24, 2.45) is 0 Å². The number of nitrogen functional groups attached to an aromatic ring is 1. The molecule has 0 atom stereocenters. The predicted octanol–water partition coefficient (Wildman–Crippen LogP) is 0.422. The van der Waals surface area contributed by atoms with Gasteiger partial charge in [0.25, 0.3) is 5.91 Å². The van der Waals surface area contributed by atoms with Gasteiger partial charge in [0.2, 0.25) is 0 Å². The second-order valence-corrected chi connectivity index (χ2v) is 3.76. The molecule has 1 aromatic rings. The monoisotopic (exact) mass is 226 g/mol. The van der Waals surface area contributed by atoms with Crippen LogP contribution in [0.25, 0.3) is 0 Å². The van der Waals surface area contributed by atoms with Crippen LogP contribution in [0.5, 0.6) is 0 Å². The average molecular weight is 226 g/mol. The van der Waals surface area contributed by atoms with Gasteiger partial charge in [-0.3, -0.25) is 9.48 Å². The number of carbonyl (C=O) groups excluding carboxylic acids is 1. The molecule has 1 heterocycles. The van der Waals surface area contributed by atoms with Crippen LogP contribution >= 0.6 is 0 Å². The number of aromatic nitrogens is 2. The Kier molecular flexibility index (Phi) is 4.30. The Labute approximate surface area is 94.8 Å². The summed E-state index contributed by atoms with van der Waals surface area (Å²) in [6, 6.07) is 0.183. The number of methoxy groups -OCH3 is 1. The zero-order valence-corrected chi connectivity index (χ0v) is 9.86. The molecule has 6 heteroatoms. The van der Waals surface area contributed by atoms with E-state index in [1.165, 1.54) is 0 Å². The zero-order chi connectivity index (χ0) is 12.1. The molecule has 1 amide bonds. The van der Waals surface area contributed by atoms with Crippen LogP contribution in [0.3, 0.4) is 0 Å². The maximum absolute atomic E-state index is 11.7. The third kappa shape index (κ3) is 2.96. The molecule has 0 unspecified atom stereocenters. The summed E-state index contributed by atoms with van der Waals surface area (Å²) in [4.78, 5) is 11.7. The van der Waals surface area contributed by atoms with E-state index < -0.39 is 0 Å². The van der Waals surface area contributed by atoms with Gasteiger partial charge in [-0.25, -0.2) is 0 Å². The summed E-state index contributed by atoms with van der Waals surface area (Å²) in [6.07, 6.45) is 1.66. The lowest BCUT2D eigenvalue weighted by Gasteiger charge is -2.04. The first-order valence-corrected chi connectivity index (χ1v) is 5.18. The summed E-state index contributed by atoms with van der Waals surface area (Å²) < 4.78 is 6.50. The first kappa shape index (κ1) is 12.5. The summed E-state index contributed by atoms with van der Waals surface area (Å²) in [6.45, 7) is 4.86. The first-order chi connectivity index (χ1) is 7.56. The van der Waals surface area contributed by atoms with Crippen molar-refractivity contribution in [3.8, 4) is 0 Å². The Hall–Kier alpha value is -1.56. The molecule has 0 radical (unpaired) electrons. The lowest BCUT2D eigenvalue weighted by Crippen LogP contribution is -2.28. The molecule has 0 saturated carbocycles. The normalized spacial score (nSPS) is 10.8. The highest BCUT2D eigenvalue weighted by atomic mass is 16.5. The number of amides is 1. The van der Waals surface area contributed by atoms with E-state index in [-0.39, 0.29) is 17.6 Å². The number of anilines is 1. The van der Waals surface area contributed by atoms with E-state index >= 15 is 0 Å². The summed E-state index contributed by atoms with van der Waals surface area (Å²) >= 11 is 0. The highest BCUT2D eigenvalue weighted by molar-refractivity contribution is 5.96. The van der Waals surface area contributed by atoms with Gasteiger partial charge in [-0.1, -0.05) is 0 Å². The van der Waals surface area contributed by atoms with Gasteiger partial charge in [-0.2, -0.15) is 5.10 Å². The number of hydrogen-bond donors (Lipinski definition) is 2. The van der Waals surface area contributed by atoms with Crippen molar-refractivity contribution in [1.29, 1.82) is 0 Å². The van der Waals surface area contributed by atoms with E-state index in [0.29, 0.717) is 18.8 Å². The van der Waals surface area contributed by atoms with Crippen molar-refractivity contribution in [1.82, 2.24) is 15.1 Å². The lowest BCUT2D eigenvalue weighted by atomic mass is 10.3. The number of hydrogen-bond acceptors (Lipinski definition) is 4. The molecule has 0 bridgehead atoms. The molecule has 0 saturated heterocycles. The first-order valence-electron chi connectivity index (χ1n) is 5.18. The SMILES string of the molecule is COCCNC(=O)c1nn(C(C)C)cc1N.